The fourth-order valence-corrected chi connectivity index (χ4v) is 5.13. The summed E-state index contributed by atoms with van der Waals surface area (Å²) in [5.74, 6) is 0. The van der Waals surface area contributed by atoms with Crippen LogP contribution in [0.4, 0.5) is 0 Å². The zero-order valence-corrected chi connectivity index (χ0v) is 16.8. The molecule has 0 radical (unpaired) electrons. The summed E-state index contributed by atoms with van der Waals surface area (Å²) < 4.78 is 0. The summed E-state index contributed by atoms with van der Waals surface area (Å²) in [7, 11) is 0. The summed E-state index contributed by atoms with van der Waals surface area (Å²) in [6.45, 7) is 4.46. The van der Waals surface area contributed by atoms with E-state index in [4.69, 9.17) is 0 Å². The lowest BCUT2D eigenvalue weighted by Gasteiger charge is -2.13. The fourth-order valence-electron chi connectivity index (χ4n) is 5.13. The first-order valence-corrected chi connectivity index (χ1v) is 10.4. The molecule has 2 aliphatic rings. The average molecular weight is 370 g/mol. The second kappa shape index (κ2) is 6.06. The van der Waals surface area contributed by atoms with Crippen molar-refractivity contribution in [3.05, 3.63) is 107 Å². The average Bonchev–Trinajstić information content (AvgIpc) is 2.96. The number of hydrogen-bond donors (Lipinski definition) is 0. The number of fused-ring (bicyclic) bond motifs is 4. The zero-order valence-electron chi connectivity index (χ0n) is 16.8. The smallest absolute Gasteiger partial charge is 0.00269 e. The van der Waals surface area contributed by atoms with Gasteiger partial charge in [0.1, 0.15) is 0 Å². The topological polar surface area (TPSA) is 0 Å². The number of benzene rings is 4. The minimum atomic E-state index is 0.999. The second-order valence-corrected chi connectivity index (χ2v) is 8.21. The van der Waals surface area contributed by atoms with Gasteiger partial charge in [-0.2, -0.15) is 0 Å². The molecule has 0 nitrogen and oxygen atoms in total. The Balaban J connectivity index is 1.64. The molecule has 0 unspecified atom stereocenters. The van der Waals surface area contributed by atoms with E-state index in [0.717, 1.165) is 6.42 Å². The number of rotatable bonds is 1. The third-order valence-corrected chi connectivity index (χ3v) is 6.53. The van der Waals surface area contributed by atoms with Crippen LogP contribution in [0.5, 0.6) is 0 Å². The molecule has 4 aromatic carbocycles. The van der Waals surface area contributed by atoms with E-state index >= 15 is 0 Å². The third kappa shape index (κ3) is 2.32. The summed E-state index contributed by atoms with van der Waals surface area (Å²) in [6.07, 6.45) is 5.74. The predicted octanol–water partition coefficient (Wildman–Crippen LogP) is 8.03. The normalized spacial score (nSPS) is 14.1. The maximum atomic E-state index is 2.41. The molecule has 2 aliphatic carbocycles. The van der Waals surface area contributed by atoms with Crippen molar-refractivity contribution in [2.75, 3.05) is 0 Å². The van der Waals surface area contributed by atoms with Crippen LogP contribution in [0.2, 0.25) is 0 Å². The predicted molar refractivity (Wildman–Crippen MR) is 125 cm³/mol. The van der Waals surface area contributed by atoms with Crippen LogP contribution in [0.25, 0.3) is 44.2 Å². The van der Waals surface area contributed by atoms with Crippen LogP contribution in [-0.4, -0.2) is 0 Å². The van der Waals surface area contributed by atoms with Gasteiger partial charge in [-0.15, -0.1) is 0 Å². The molecule has 0 aliphatic heterocycles. The van der Waals surface area contributed by atoms with Gasteiger partial charge in [0.2, 0.25) is 0 Å². The van der Waals surface area contributed by atoms with Crippen molar-refractivity contribution >= 4 is 21.9 Å². The molecular weight excluding hydrogens is 348 g/mol. The molecule has 6 rings (SSSR count). The Hall–Kier alpha value is -3.38. The maximum Gasteiger partial charge on any atom is -0.00269 e. The molecule has 29 heavy (non-hydrogen) atoms. The van der Waals surface area contributed by atoms with E-state index in [0.29, 0.717) is 0 Å². The highest BCUT2D eigenvalue weighted by Crippen LogP contribution is 2.49. The van der Waals surface area contributed by atoms with Gasteiger partial charge in [-0.1, -0.05) is 78.9 Å². The third-order valence-electron chi connectivity index (χ3n) is 6.53. The molecule has 0 heteroatoms. The van der Waals surface area contributed by atoms with E-state index in [1.54, 1.807) is 0 Å². The highest BCUT2D eigenvalue weighted by atomic mass is 14.3. The summed E-state index contributed by atoms with van der Waals surface area (Å²) in [5, 5.41) is 2.63. The Labute approximate surface area is 171 Å². The summed E-state index contributed by atoms with van der Waals surface area (Å²) in [5.41, 5.74) is 13.7. The Morgan fingerprint density at radius 3 is 2.41 bits per heavy atom. The minimum absolute atomic E-state index is 0.999. The monoisotopic (exact) mass is 370 g/mol. The van der Waals surface area contributed by atoms with Crippen LogP contribution in [-0.2, 0) is 0 Å². The molecule has 4 aromatic rings. The highest BCUT2D eigenvalue weighted by molar-refractivity contribution is 6.07. The van der Waals surface area contributed by atoms with Crippen LogP contribution >= 0.6 is 0 Å². The van der Waals surface area contributed by atoms with Crippen molar-refractivity contribution in [2.45, 2.75) is 20.3 Å². The van der Waals surface area contributed by atoms with Gasteiger partial charge in [0, 0.05) is 0 Å². The maximum absolute atomic E-state index is 2.41. The Morgan fingerprint density at radius 2 is 1.48 bits per heavy atom. The van der Waals surface area contributed by atoms with Gasteiger partial charge in [-0.3, -0.25) is 0 Å². The fraction of sp³-hybridized carbons (Fsp3) is 0.103. The first-order valence-electron chi connectivity index (χ1n) is 10.4. The van der Waals surface area contributed by atoms with Crippen LogP contribution in [0.3, 0.4) is 0 Å². The van der Waals surface area contributed by atoms with E-state index in [2.05, 4.69) is 98.8 Å². The van der Waals surface area contributed by atoms with Gasteiger partial charge in [0.25, 0.3) is 0 Å². The Kier molecular flexibility index (Phi) is 3.46. The van der Waals surface area contributed by atoms with E-state index in [-0.39, 0.29) is 0 Å². The lowest BCUT2D eigenvalue weighted by Crippen LogP contribution is -1.88. The van der Waals surface area contributed by atoms with Crippen LogP contribution in [0.1, 0.15) is 35.6 Å². The lowest BCUT2D eigenvalue weighted by atomic mass is 9.91. The van der Waals surface area contributed by atoms with E-state index in [1.807, 2.05) is 0 Å². The molecule has 0 atom stereocenters. The quantitative estimate of drug-likeness (QED) is 0.280. The molecule has 0 fully saturated rings. The molecular formula is C29H22. The van der Waals surface area contributed by atoms with Crippen molar-refractivity contribution in [1.29, 1.82) is 0 Å². The summed E-state index contributed by atoms with van der Waals surface area (Å²) in [4.78, 5) is 0. The zero-order chi connectivity index (χ0) is 19.5. The van der Waals surface area contributed by atoms with Gasteiger partial charge in [-0.25, -0.2) is 0 Å². The molecule has 0 saturated heterocycles. The van der Waals surface area contributed by atoms with Crippen LogP contribution in [0, 0.1) is 6.92 Å². The lowest BCUT2D eigenvalue weighted by molar-refractivity contribution is 1.40. The van der Waals surface area contributed by atoms with Gasteiger partial charge in [0.15, 0.2) is 0 Å². The Bertz CT molecular complexity index is 1380. The SMILES string of the molecule is CC1=CCC=C2c3ccc(-c4c(C)ccc5ccccc45)cc3-c3cccc1c32. The van der Waals surface area contributed by atoms with Crippen molar-refractivity contribution in [3.8, 4) is 22.3 Å². The van der Waals surface area contributed by atoms with Crippen LogP contribution < -0.4 is 0 Å². The standard InChI is InChI=1S/C29H22/c1-18-7-5-11-25-24-16-15-21(17-27(24)26-12-6-10-22(18)29(25)26)28-19(2)13-14-20-8-3-4-9-23(20)28/h3-4,6-17H,5H2,1-2H3. The summed E-state index contributed by atoms with van der Waals surface area (Å²) in [6, 6.07) is 27.0. The highest BCUT2D eigenvalue weighted by Gasteiger charge is 2.27. The van der Waals surface area contributed by atoms with E-state index < -0.39 is 0 Å². The van der Waals surface area contributed by atoms with E-state index in [9.17, 15) is 0 Å². The van der Waals surface area contributed by atoms with Crippen LogP contribution in [0.15, 0.2) is 84.9 Å². The molecule has 0 N–H and O–H groups in total. The molecule has 0 saturated carbocycles. The van der Waals surface area contributed by atoms with Gasteiger partial charge in [-0.05, 0) is 92.8 Å². The first-order chi connectivity index (χ1) is 14.2. The van der Waals surface area contributed by atoms with Crippen molar-refractivity contribution < 1.29 is 0 Å². The largest absolute Gasteiger partial charge is 0.0772 e. The number of hydrogen-bond acceptors (Lipinski definition) is 0. The second-order valence-electron chi connectivity index (χ2n) is 8.21. The van der Waals surface area contributed by atoms with Crippen molar-refractivity contribution in [3.63, 3.8) is 0 Å². The van der Waals surface area contributed by atoms with Gasteiger partial charge >= 0.3 is 0 Å². The van der Waals surface area contributed by atoms with Crippen molar-refractivity contribution in [1.82, 2.24) is 0 Å². The molecule has 0 heterocycles. The van der Waals surface area contributed by atoms with Crippen molar-refractivity contribution in [2.24, 2.45) is 0 Å². The molecule has 0 spiro atoms. The van der Waals surface area contributed by atoms with Gasteiger partial charge < -0.3 is 0 Å². The first kappa shape index (κ1) is 16.6. The summed E-state index contributed by atoms with van der Waals surface area (Å²) >= 11 is 0. The minimum Gasteiger partial charge on any atom is -0.0772 e. The molecule has 0 aromatic heterocycles. The molecule has 0 amide bonds. The molecule has 0 bridgehead atoms. The molecule has 138 valence electrons. The van der Waals surface area contributed by atoms with E-state index in [1.165, 1.54) is 66.4 Å². The number of allylic oxidation sites excluding steroid dienone is 3. The Morgan fingerprint density at radius 1 is 0.621 bits per heavy atom. The number of aryl methyl sites for hydroxylation is 1. The van der Waals surface area contributed by atoms with Gasteiger partial charge in [0.05, 0.1) is 0 Å².